The molecule has 0 unspecified atom stereocenters. The van der Waals surface area contributed by atoms with Crippen molar-refractivity contribution < 1.29 is 27.5 Å². The van der Waals surface area contributed by atoms with Gasteiger partial charge in [-0.1, -0.05) is 69.2 Å². The summed E-state index contributed by atoms with van der Waals surface area (Å²) in [5.74, 6) is -1.87. The number of sulfonamides is 1. The molecule has 2 aromatic heterocycles. The number of aromatic nitrogens is 2. The Kier molecular flexibility index (Phi) is 9.45. The van der Waals surface area contributed by atoms with Crippen LogP contribution in [0.5, 0.6) is 5.19 Å². The fraction of sp³-hybridized carbons (Fsp3) is 0.583. The van der Waals surface area contributed by atoms with Crippen LogP contribution in [0.4, 0.5) is 5.13 Å². The molecule has 4 aliphatic rings. The molecule has 15 heteroatoms. The van der Waals surface area contributed by atoms with Gasteiger partial charge in [0.25, 0.3) is 11.1 Å². The monoisotopic (exact) mass is 754 g/mol. The quantitative estimate of drug-likeness (QED) is 0.273. The molecule has 0 radical (unpaired) electrons. The van der Waals surface area contributed by atoms with Crippen LogP contribution in [0.3, 0.4) is 0 Å². The van der Waals surface area contributed by atoms with Gasteiger partial charge in [-0.25, -0.2) is 18.4 Å². The van der Waals surface area contributed by atoms with Gasteiger partial charge in [0.15, 0.2) is 5.13 Å². The Morgan fingerprint density at radius 1 is 1.12 bits per heavy atom. The van der Waals surface area contributed by atoms with E-state index < -0.39 is 50.3 Å². The van der Waals surface area contributed by atoms with Crippen LogP contribution in [0.1, 0.15) is 91.2 Å². The van der Waals surface area contributed by atoms with E-state index >= 15 is 0 Å². The van der Waals surface area contributed by atoms with E-state index in [9.17, 15) is 22.8 Å². The molecule has 1 aromatic carbocycles. The second kappa shape index (κ2) is 13.4. The Hall–Kier alpha value is -3.56. The normalized spacial score (nSPS) is 28.8. The summed E-state index contributed by atoms with van der Waals surface area (Å²) in [6, 6.07) is 6.11. The Balaban J connectivity index is 1.18. The number of anilines is 1. The Morgan fingerprint density at radius 2 is 1.90 bits per heavy atom. The van der Waals surface area contributed by atoms with E-state index in [4.69, 9.17) is 9.72 Å². The van der Waals surface area contributed by atoms with E-state index in [1.165, 1.54) is 22.7 Å². The molecule has 2 aliphatic carbocycles. The lowest BCUT2D eigenvalue weighted by molar-refractivity contribution is -0.140. The first-order chi connectivity index (χ1) is 24.2. The van der Waals surface area contributed by atoms with Gasteiger partial charge in [0, 0.05) is 23.1 Å². The molecule has 4 heterocycles. The maximum atomic E-state index is 14.6. The zero-order valence-electron chi connectivity index (χ0n) is 29.4. The smallest absolute Gasteiger partial charge is 0.274 e. The van der Waals surface area contributed by atoms with E-state index in [0.717, 1.165) is 41.6 Å². The number of thiazole rings is 2. The zero-order valence-corrected chi connectivity index (χ0v) is 31.9. The van der Waals surface area contributed by atoms with Crippen molar-refractivity contribution >= 4 is 65.8 Å². The molecule has 51 heavy (non-hydrogen) atoms. The standard InChI is InChI=1S/C36H46N6O6S3/c1-34(2,3)28-21-49-32(39-28)37-25-14-9-7-5-6-8-12-22-19-36(22,31(45)41-51(46,47)35(4)16-17-35)40-29(43)26-18-23(20-42(26)30(25)44)48-33-38-24-13-10-11-15-27(24)50-33/h8,10-13,15,21-23,25-26H,5-7,9,14,16-20H2,1-4H3,(H,37,39)(H,40,43)(H,41,45)/b12-8-/t22-,23+,25-,26-,36+/m0/s1. The average Bonchev–Trinajstić information content (AvgIpc) is 3.73. The van der Waals surface area contributed by atoms with E-state index in [-0.39, 0.29) is 36.6 Å². The highest BCUT2D eigenvalue weighted by atomic mass is 32.2. The summed E-state index contributed by atoms with van der Waals surface area (Å²) in [7, 11) is -3.93. The van der Waals surface area contributed by atoms with Gasteiger partial charge in [0.1, 0.15) is 23.7 Å². The number of amides is 3. The molecular weight excluding hydrogens is 709 g/mol. The van der Waals surface area contributed by atoms with Crippen LogP contribution in [0, 0.1) is 5.92 Å². The molecular formula is C36H46N6O6S3. The summed E-state index contributed by atoms with van der Waals surface area (Å²) in [6.07, 6.45) is 8.67. The second-order valence-corrected chi connectivity index (χ2v) is 19.7. The molecule has 1 saturated heterocycles. The highest BCUT2D eigenvalue weighted by Gasteiger charge is 2.63. The van der Waals surface area contributed by atoms with Crippen molar-refractivity contribution in [2.24, 2.45) is 5.92 Å². The Morgan fingerprint density at radius 3 is 2.63 bits per heavy atom. The van der Waals surface area contributed by atoms with Gasteiger partial charge in [-0.15, -0.1) is 11.3 Å². The van der Waals surface area contributed by atoms with Crippen molar-refractivity contribution in [2.75, 3.05) is 11.9 Å². The number of nitrogens with one attached hydrogen (secondary N) is 3. The molecule has 7 rings (SSSR count). The summed E-state index contributed by atoms with van der Waals surface area (Å²) in [6.45, 7) is 8.04. The lowest BCUT2D eigenvalue weighted by Gasteiger charge is -2.30. The highest BCUT2D eigenvalue weighted by molar-refractivity contribution is 7.91. The number of benzene rings is 1. The molecule has 3 aromatic rings. The van der Waals surface area contributed by atoms with Crippen LogP contribution in [0.15, 0.2) is 41.8 Å². The SMILES string of the molecule is CC(C)(C)c1csc(N[C@H]2CCCCC/C=C\[C@H]3C[C@@]3(C(=O)NS(=O)(=O)C3(C)CC3)NC(=O)[C@@H]3C[C@@H](Oc4nc5ccccc5s4)CN3C2=O)n1. The van der Waals surface area contributed by atoms with Crippen LogP contribution < -0.4 is 20.1 Å². The third-order valence-corrected chi connectivity index (χ3v) is 14.4. The van der Waals surface area contributed by atoms with Gasteiger partial charge in [-0.3, -0.25) is 19.1 Å². The number of fused-ring (bicyclic) bond motifs is 3. The molecule has 12 nitrogen and oxygen atoms in total. The first-order valence-electron chi connectivity index (χ1n) is 17.8. The van der Waals surface area contributed by atoms with Crippen LogP contribution in [0.25, 0.3) is 10.2 Å². The first kappa shape index (κ1) is 35.8. The number of allylic oxidation sites excluding steroid dienone is 1. The van der Waals surface area contributed by atoms with Gasteiger partial charge in [0.05, 0.1) is 27.2 Å². The Bertz CT molecular complexity index is 1930. The van der Waals surface area contributed by atoms with Gasteiger partial charge in [-0.05, 0) is 57.6 Å². The van der Waals surface area contributed by atoms with Crippen molar-refractivity contribution in [1.82, 2.24) is 24.9 Å². The van der Waals surface area contributed by atoms with Gasteiger partial charge < -0.3 is 20.3 Å². The molecule has 5 atom stereocenters. The largest absolute Gasteiger partial charge is 0.465 e. The molecule has 2 saturated carbocycles. The van der Waals surface area contributed by atoms with E-state index in [1.807, 2.05) is 41.8 Å². The molecule has 3 N–H and O–H groups in total. The fourth-order valence-corrected chi connectivity index (χ4v) is 10.0. The van der Waals surface area contributed by atoms with E-state index in [2.05, 4.69) is 41.1 Å². The van der Waals surface area contributed by atoms with Crippen molar-refractivity contribution in [1.29, 1.82) is 0 Å². The molecule has 2 aliphatic heterocycles. The number of carbonyl (C=O) groups is 3. The minimum atomic E-state index is -3.93. The number of ether oxygens (including phenoxy) is 1. The summed E-state index contributed by atoms with van der Waals surface area (Å²) in [5.41, 5.74) is 0.137. The maximum Gasteiger partial charge on any atom is 0.274 e. The van der Waals surface area contributed by atoms with Crippen molar-refractivity contribution in [2.45, 2.75) is 119 Å². The summed E-state index contributed by atoms with van der Waals surface area (Å²) in [5, 5.41) is 9.45. The summed E-state index contributed by atoms with van der Waals surface area (Å²) < 4.78 is 34.8. The Labute approximate surface area is 306 Å². The fourth-order valence-electron chi connectivity index (χ4n) is 6.82. The van der Waals surface area contributed by atoms with Gasteiger partial charge >= 0.3 is 0 Å². The van der Waals surface area contributed by atoms with Crippen molar-refractivity contribution in [3.63, 3.8) is 0 Å². The predicted octanol–water partition coefficient (Wildman–Crippen LogP) is 5.27. The molecule has 3 fully saturated rings. The lowest BCUT2D eigenvalue weighted by atomic mass is 9.93. The number of para-hydroxylation sites is 1. The number of hydrogen-bond acceptors (Lipinski definition) is 11. The topological polar surface area (TPSA) is 160 Å². The number of nitrogens with zero attached hydrogens (tertiary/aromatic N) is 3. The van der Waals surface area contributed by atoms with Gasteiger partial charge in [-0.2, -0.15) is 0 Å². The van der Waals surface area contributed by atoms with E-state index in [0.29, 0.717) is 29.6 Å². The van der Waals surface area contributed by atoms with Crippen LogP contribution in [-0.2, 0) is 29.8 Å². The summed E-state index contributed by atoms with van der Waals surface area (Å²) >= 11 is 2.85. The van der Waals surface area contributed by atoms with Crippen molar-refractivity contribution in [3.8, 4) is 5.19 Å². The van der Waals surface area contributed by atoms with E-state index in [1.54, 1.807) is 11.8 Å². The molecule has 3 amide bonds. The van der Waals surface area contributed by atoms with Crippen LogP contribution in [-0.4, -0.2) is 76.0 Å². The number of hydrogen-bond donors (Lipinski definition) is 3. The zero-order chi connectivity index (χ0) is 36.2. The maximum absolute atomic E-state index is 14.6. The minimum Gasteiger partial charge on any atom is -0.465 e. The molecule has 0 bridgehead atoms. The molecule has 274 valence electrons. The van der Waals surface area contributed by atoms with Crippen LogP contribution in [0.2, 0.25) is 0 Å². The third-order valence-electron chi connectivity index (χ3n) is 10.6. The number of rotatable bonds is 7. The minimum absolute atomic E-state index is 0.144. The average molecular weight is 755 g/mol. The summed E-state index contributed by atoms with van der Waals surface area (Å²) in [4.78, 5) is 53.7. The first-order valence-corrected chi connectivity index (χ1v) is 21.0. The van der Waals surface area contributed by atoms with Crippen molar-refractivity contribution in [3.05, 3.63) is 47.5 Å². The third kappa shape index (κ3) is 7.39. The lowest BCUT2D eigenvalue weighted by Crippen LogP contribution is -2.58. The van der Waals surface area contributed by atoms with Crippen LogP contribution >= 0.6 is 22.7 Å². The second-order valence-electron chi connectivity index (χ2n) is 15.6. The van der Waals surface area contributed by atoms with Gasteiger partial charge in [0.2, 0.25) is 21.8 Å². The number of carbonyl (C=O) groups excluding carboxylic acids is 3. The predicted molar refractivity (Wildman–Crippen MR) is 198 cm³/mol. The molecule has 0 spiro atoms. The highest BCUT2D eigenvalue weighted by Crippen LogP contribution is 2.47.